The Hall–Kier alpha value is -1.51. The molecule has 0 spiro atoms. The third-order valence-electron chi connectivity index (χ3n) is 2.61. The molecule has 0 aliphatic carbocycles. The van der Waals surface area contributed by atoms with Crippen molar-refractivity contribution in [2.24, 2.45) is 17.6 Å². The maximum absolute atomic E-state index is 10.9. The SMILES string of the molecule is CC(C)Cc1ccc(OC(N)=O)c(CC(C)C)c1. The number of benzene rings is 1. The number of carbonyl (C=O) groups is 1. The Balaban J connectivity index is 2.99. The summed E-state index contributed by atoms with van der Waals surface area (Å²) in [4.78, 5) is 10.9. The van der Waals surface area contributed by atoms with Crippen LogP contribution in [0.4, 0.5) is 4.79 Å². The molecular formula is C15H23NO2. The van der Waals surface area contributed by atoms with Gasteiger partial charge in [-0.3, -0.25) is 0 Å². The molecule has 18 heavy (non-hydrogen) atoms. The molecule has 100 valence electrons. The van der Waals surface area contributed by atoms with Crippen molar-refractivity contribution >= 4 is 6.09 Å². The molecule has 0 unspecified atom stereocenters. The minimum absolute atomic E-state index is 0.509. The zero-order valence-corrected chi connectivity index (χ0v) is 11.7. The standard InChI is InChI=1S/C15H23NO2/c1-10(2)7-12-5-6-14(18-15(16)17)13(9-12)8-11(3)4/h5-6,9-11H,7-8H2,1-4H3,(H2,16,17). The van der Waals surface area contributed by atoms with Gasteiger partial charge < -0.3 is 10.5 Å². The van der Waals surface area contributed by atoms with Gasteiger partial charge in [-0.2, -0.15) is 0 Å². The van der Waals surface area contributed by atoms with Crippen LogP contribution in [0.5, 0.6) is 5.75 Å². The van der Waals surface area contributed by atoms with Crippen LogP contribution in [-0.2, 0) is 12.8 Å². The first-order valence-electron chi connectivity index (χ1n) is 6.47. The molecule has 0 saturated heterocycles. The Labute approximate surface area is 109 Å². The van der Waals surface area contributed by atoms with Gasteiger partial charge in [0, 0.05) is 0 Å². The van der Waals surface area contributed by atoms with Crippen molar-refractivity contribution in [3.05, 3.63) is 29.3 Å². The van der Waals surface area contributed by atoms with E-state index < -0.39 is 6.09 Å². The van der Waals surface area contributed by atoms with Crippen LogP contribution in [0.15, 0.2) is 18.2 Å². The van der Waals surface area contributed by atoms with E-state index >= 15 is 0 Å². The third-order valence-corrected chi connectivity index (χ3v) is 2.61. The Morgan fingerprint density at radius 1 is 1.17 bits per heavy atom. The van der Waals surface area contributed by atoms with Crippen LogP contribution < -0.4 is 10.5 Å². The van der Waals surface area contributed by atoms with E-state index in [9.17, 15) is 4.79 Å². The molecule has 3 heteroatoms. The lowest BCUT2D eigenvalue weighted by Crippen LogP contribution is -2.17. The fourth-order valence-electron chi connectivity index (χ4n) is 2.04. The van der Waals surface area contributed by atoms with Crippen LogP contribution in [0.2, 0.25) is 0 Å². The van der Waals surface area contributed by atoms with Gasteiger partial charge in [0.15, 0.2) is 0 Å². The van der Waals surface area contributed by atoms with E-state index in [0.717, 1.165) is 18.4 Å². The molecule has 1 aromatic rings. The van der Waals surface area contributed by atoms with Crippen molar-refractivity contribution in [2.75, 3.05) is 0 Å². The maximum Gasteiger partial charge on any atom is 0.409 e. The number of hydrogen-bond donors (Lipinski definition) is 1. The van der Waals surface area contributed by atoms with Gasteiger partial charge >= 0.3 is 6.09 Å². The second-order valence-corrected chi connectivity index (χ2v) is 5.56. The van der Waals surface area contributed by atoms with E-state index in [1.807, 2.05) is 12.1 Å². The summed E-state index contributed by atoms with van der Waals surface area (Å²) in [5, 5.41) is 0. The quantitative estimate of drug-likeness (QED) is 0.867. The second-order valence-electron chi connectivity index (χ2n) is 5.56. The third kappa shape index (κ3) is 4.78. The van der Waals surface area contributed by atoms with E-state index in [2.05, 4.69) is 33.8 Å². The van der Waals surface area contributed by atoms with Gasteiger partial charge in [0.25, 0.3) is 0 Å². The van der Waals surface area contributed by atoms with E-state index in [4.69, 9.17) is 10.5 Å². The van der Waals surface area contributed by atoms with Crippen molar-refractivity contribution in [3.63, 3.8) is 0 Å². The molecule has 0 saturated carbocycles. The molecule has 0 radical (unpaired) electrons. The van der Waals surface area contributed by atoms with Crippen molar-refractivity contribution < 1.29 is 9.53 Å². The largest absolute Gasteiger partial charge is 0.410 e. The highest BCUT2D eigenvalue weighted by atomic mass is 16.5. The number of carbonyl (C=O) groups excluding carboxylic acids is 1. The lowest BCUT2D eigenvalue weighted by atomic mass is 9.96. The van der Waals surface area contributed by atoms with Crippen LogP contribution in [0.1, 0.15) is 38.8 Å². The number of amides is 1. The lowest BCUT2D eigenvalue weighted by molar-refractivity contribution is 0.210. The fraction of sp³-hybridized carbons (Fsp3) is 0.533. The van der Waals surface area contributed by atoms with Crippen molar-refractivity contribution in [1.82, 2.24) is 0 Å². The van der Waals surface area contributed by atoms with Crippen molar-refractivity contribution in [2.45, 2.75) is 40.5 Å². The number of hydrogen-bond acceptors (Lipinski definition) is 2. The van der Waals surface area contributed by atoms with Gasteiger partial charge in [0.2, 0.25) is 0 Å². The van der Waals surface area contributed by atoms with Gasteiger partial charge in [-0.15, -0.1) is 0 Å². The average Bonchev–Trinajstić information content (AvgIpc) is 2.19. The van der Waals surface area contributed by atoms with Gasteiger partial charge in [-0.25, -0.2) is 4.79 Å². The van der Waals surface area contributed by atoms with Crippen molar-refractivity contribution in [3.8, 4) is 5.75 Å². The van der Waals surface area contributed by atoms with Crippen LogP contribution in [0.3, 0.4) is 0 Å². The Morgan fingerprint density at radius 3 is 2.28 bits per heavy atom. The Kier molecular flexibility index (Phi) is 5.20. The highest BCUT2D eigenvalue weighted by Crippen LogP contribution is 2.24. The smallest absolute Gasteiger partial charge is 0.409 e. The number of primary amides is 1. The summed E-state index contributed by atoms with van der Waals surface area (Å²) in [6.07, 6.45) is 1.16. The Morgan fingerprint density at radius 2 is 1.78 bits per heavy atom. The normalized spacial score (nSPS) is 11.0. The molecule has 0 aliphatic heterocycles. The summed E-state index contributed by atoms with van der Waals surface area (Å²) in [7, 11) is 0. The average molecular weight is 249 g/mol. The van der Waals surface area contributed by atoms with E-state index in [1.165, 1.54) is 5.56 Å². The number of rotatable bonds is 5. The first kappa shape index (κ1) is 14.6. The van der Waals surface area contributed by atoms with E-state index in [-0.39, 0.29) is 0 Å². The molecule has 0 heterocycles. The summed E-state index contributed by atoms with van der Waals surface area (Å²) in [6.45, 7) is 8.66. The van der Waals surface area contributed by atoms with Gasteiger partial charge in [0.1, 0.15) is 5.75 Å². The molecule has 1 amide bonds. The summed E-state index contributed by atoms with van der Waals surface area (Å²) in [5.41, 5.74) is 7.41. The Bertz CT molecular complexity index is 411. The predicted molar refractivity (Wildman–Crippen MR) is 73.7 cm³/mol. The van der Waals surface area contributed by atoms with E-state index in [1.54, 1.807) is 0 Å². The molecule has 2 N–H and O–H groups in total. The van der Waals surface area contributed by atoms with Crippen LogP contribution in [-0.4, -0.2) is 6.09 Å². The van der Waals surface area contributed by atoms with E-state index in [0.29, 0.717) is 17.6 Å². The highest BCUT2D eigenvalue weighted by molar-refractivity contribution is 5.68. The number of ether oxygens (including phenoxy) is 1. The summed E-state index contributed by atoms with van der Waals surface area (Å²) < 4.78 is 5.05. The summed E-state index contributed by atoms with van der Waals surface area (Å²) in [5.74, 6) is 1.71. The molecule has 0 fully saturated rings. The first-order valence-corrected chi connectivity index (χ1v) is 6.47. The van der Waals surface area contributed by atoms with Gasteiger partial charge in [0.05, 0.1) is 0 Å². The maximum atomic E-state index is 10.9. The molecule has 3 nitrogen and oxygen atoms in total. The molecule has 1 aromatic carbocycles. The molecule has 0 bridgehead atoms. The molecular weight excluding hydrogens is 226 g/mol. The molecule has 0 aliphatic rings. The second kappa shape index (κ2) is 6.43. The van der Waals surface area contributed by atoms with Gasteiger partial charge in [-0.05, 0) is 41.9 Å². The monoisotopic (exact) mass is 249 g/mol. The molecule has 1 rings (SSSR count). The minimum Gasteiger partial charge on any atom is -0.410 e. The lowest BCUT2D eigenvalue weighted by Gasteiger charge is -2.13. The zero-order chi connectivity index (χ0) is 13.7. The highest BCUT2D eigenvalue weighted by Gasteiger charge is 2.10. The topological polar surface area (TPSA) is 52.3 Å². The predicted octanol–water partition coefficient (Wildman–Crippen LogP) is 3.54. The number of nitrogens with two attached hydrogens (primary N) is 1. The molecule has 0 aromatic heterocycles. The van der Waals surface area contributed by atoms with Crippen molar-refractivity contribution in [1.29, 1.82) is 0 Å². The first-order chi connectivity index (χ1) is 8.38. The van der Waals surface area contributed by atoms with Crippen LogP contribution >= 0.6 is 0 Å². The minimum atomic E-state index is -0.753. The summed E-state index contributed by atoms with van der Waals surface area (Å²) >= 11 is 0. The van der Waals surface area contributed by atoms with Gasteiger partial charge in [-0.1, -0.05) is 39.8 Å². The fourth-order valence-corrected chi connectivity index (χ4v) is 2.04. The van der Waals surface area contributed by atoms with Crippen LogP contribution in [0.25, 0.3) is 0 Å². The summed E-state index contributed by atoms with van der Waals surface area (Å²) in [6, 6.07) is 5.97. The van der Waals surface area contributed by atoms with Crippen LogP contribution in [0, 0.1) is 11.8 Å². The zero-order valence-electron chi connectivity index (χ0n) is 11.7. The molecule has 0 atom stereocenters.